The molecule has 0 aliphatic carbocycles. The van der Waals surface area contributed by atoms with Gasteiger partial charge in [-0.25, -0.2) is 4.79 Å². The summed E-state index contributed by atoms with van der Waals surface area (Å²) in [5, 5.41) is 13.7. The lowest BCUT2D eigenvalue weighted by molar-refractivity contribution is 0.0728. The Morgan fingerprint density at radius 1 is 1.25 bits per heavy atom. The van der Waals surface area contributed by atoms with Crippen molar-refractivity contribution in [1.82, 2.24) is 14.5 Å². The maximum absolute atomic E-state index is 13.0. The number of fused-ring (bicyclic) bond motifs is 2. The number of likely N-dealkylation sites (tertiary alicyclic amines) is 1. The fourth-order valence-electron chi connectivity index (χ4n) is 4.24. The van der Waals surface area contributed by atoms with Crippen molar-refractivity contribution in [2.24, 2.45) is 0 Å². The molecule has 1 amide bonds. The van der Waals surface area contributed by atoms with Gasteiger partial charge < -0.3 is 20.1 Å². The summed E-state index contributed by atoms with van der Waals surface area (Å²) in [7, 11) is 1.68. The van der Waals surface area contributed by atoms with E-state index in [9.17, 15) is 14.7 Å². The Kier molecular flexibility index (Phi) is 5.07. The van der Waals surface area contributed by atoms with Crippen molar-refractivity contribution in [3.05, 3.63) is 53.2 Å². The summed E-state index contributed by atoms with van der Waals surface area (Å²) >= 11 is 1.42. The van der Waals surface area contributed by atoms with Gasteiger partial charge >= 0.3 is 6.09 Å². The van der Waals surface area contributed by atoms with Crippen molar-refractivity contribution in [2.45, 2.75) is 19.4 Å². The number of aromatic nitrogens is 2. The third-order valence-electron chi connectivity index (χ3n) is 5.84. The molecular formula is C23H22N4O4S. The molecular weight excluding hydrogens is 428 g/mol. The van der Waals surface area contributed by atoms with E-state index in [1.54, 1.807) is 26.3 Å². The smallest absolute Gasteiger partial charge is 0.416 e. The molecule has 0 spiro atoms. The number of hydrogen-bond donors (Lipinski definition) is 2. The Labute approximate surface area is 188 Å². The lowest BCUT2D eigenvalue weighted by Gasteiger charge is -2.14. The van der Waals surface area contributed by atoms with Crippen molar-refractivity contribution in [2.75, 3.05) is 25.5 Å². The van der Waals surface area contributed by atoms with Gasteiger partial charge in [-0.05, 0) is 49.7 Å². The van der Waals surface area contributed by atoms with Crippen molar-refractivity contribution in [3.63, 3.8) is 0 Å². The van der Waals surface area contributed by atoms with E-state index in [-0.39, 0.29) is 12.0 Å². The van der Waals surface area contributed by atoms with Gasteiger partial charge in [-0.1, -0.05) is 0 Å². The van der Waals surface area contributed by atoms with E-state index in [1.807, 2.05) is 35.2 Å². The van der Waals surface area contributed by atoms with Crippen LogP contribution in [-0.4, -0.2) is 57.9 Å². The highest BCUT2D eigenvalue weighted by molar-refractivity contribution is 7.21. The Hall–Kier alpha value is -3.43. The molecule has 3 aromatic heterocycles. The molecule has 32 heavy (non-hydrogen) atoms. The van der Waals surface area contributed by atoms with Crippen LogP contribution in [0.1, 0.15) is 21.8 Å². The Morgan fingerprint density at radius 3 is 2.84 bits per heavy atom. The van der Waals surface area contributed by atoms with Crippen LogP contribution in [0.5, 0.6) is 0 Å². The Morgan fingerprint density at radius 2 is 2.09 bits per heavy atom. The minimum absolute atomic E-state index is 0.00500. The molecule has 4 aromatic rings. The number of ether oxygens (including phenoxy) is 1. The maximum atomic E-state index is 13.0. The molecule has 1 aliphatic rings. The summed E-state index contributed by atoms with van der Waals surface area (Å²) in [6.07, 6.45) is 1.66. The number of aryl methyl sites for hydroxylation is 1. The topological polar surface area (TPSA) is 96.7 Å². The van der Waals surface area contributed by atoms with Gasteiger partial charge in [-0.2, -0.15) is 0 Å². The number of anilines is 2. The second-order valence-electron chi connectivity index (χ2n) is 7.88. The number of amides is 1. The van der Waals surface area contributed by atoms with Gasteiger partial charge in [0.25, 0.3) is 5.91 Å². The number of rotatable bonds is 4. The Balaban J connectivity index is 1.45. The van der Waals surface area contributed by atoms with Gasteiger partial charge in [0, 0.05) is 43.2 Å². The first-order valence-corrected chi connectivity index (χ1v) is 11.1. The minimum Gasteiger partial charge on any atom is -0.464 e. The number of hydrogen-bond acceptors (Lipinski definition) is 6. The molecule has 1 aliphatic heterocycles. The second-order valence-corrected chi connectivity index (χ2v) is 8.94. The lowest BCUT2D eigenvalue weighted by Crippen LogP contribution is -2.29. The molecule has 1 aromatic carbocycles. The van der Waals surface area contributed by atoms with Gasteiger partial charge in [0.2, 0.25) is 0 Å². The van der Waals surface area contributed by atoms with Crippen molar-refractivity contribution >= 4 is 55.8 Å². The van der Waals surface area contributed by atoms with Crippen LogP contribution in [0.15, 0.2) is 42.6 Å². The standard InChI is InChI=1S/C23H22N4O4S/c1-13-9-14-10-15(3-4-19(14)27(13)23(29)30)25-17-5-7-24-18-11-20(32-21(17)18)22(28)26-8-6-16(12-26)31-2/h3-5,7,9-11,16H,6,8,12H2,1-2H3,(H,24,25)(H,29,30). The highest BCUT2D eigenvalue weighted by Gasteiger charge is 2.28. The number of benzene rings is 1. The zero-order valence-corrected chi connectivity index (χ0v) is 18.5. The van der Waals surface area contributed by atoms with Gasteiger partial charge in [0.1, 0.15) is 0 Å². The molecule has 4 heterocycles. The first-order valence-electron chi connectivity index (χ1n) is 10.3. The number of carbonyl (C=O) groups excluding carboxylic acids is 1. The maximum Gasteiger partial charge on any atom is 0.416 e. The van der Waals surface area contributed by atoms with Crippen LogP contribution in [0.3, 0.4) is 0 Å². The highest BCUT2D eigenvalue weighted by Crippen LogP contribution is 2.34. The molecule has 1 unspecified atom stereocenters. The number of carbonyl (C=O) groups is 2. The normalized spacial score (nSPS) is 16.2. The number of nitrogens with zero attached hydrogens (tertiary/aromatic N) is 3. The number of nitrogens with one attached hydrogen (secondary N) is 1. The third-order valence-corrected chi connectivity index (χ3v) is 6.99. The predicted molar refractivity (Wildman–Crippen MR) is 124 cm³/mol. The molecule has 9 heteroatoms. The average Bonchev–Trinajstić information content (AvgIpc) is 3.49. The van der Waals surface area contributed by atoms with Crippen LogP contribution < -0.4 is 5.32 Å². The first-order chi connectivity index (χ1) is 15.4. The largest absolute Gasteiger partial charge is 0.464 e. The molecule has 1 fully saturated rings. The summed E-state index contributed by atoms with van der Waals surface area (Å²) < 4.78 is 7.55. The van der Waals surface area contributed by atoms with Crippen LogP contribution in [0.25, 0.3) is 21.1 Å². The van der Waals surface area contributed by atoms with E-state index in [0.717, 1.165) is 33.4 Å². The second kappa shape index (κ2) is 7.92. The average molecular weight is 451 g/mol. The summed E-state index contributed by atoms with van der Waals surface area (Å²) in [6, 6.07) is 11.1. The molecule has 0 radical (unpaired) electrons. The zero-order chi connectivity index (χ0) is 22.4. The number of thiophene rings is 1. The van der Waals surface area contributed by atoms with E-state index < -0.39 is 6.09 Å². The summed E-state index contributed by atoms with van der Waals surface area (Å²) in [5.41, 5.74) is 3.75. The van der Waals surface area contributed by atoms with Crippen LogP contribution >= 0.6 is 11.3 Å². The van der Waals surface area contributed by atoms with E-state index >= 15 is 0 Å². The van der Waals surface area contributed by atoms with Crippen LogP contribution in [-0.2, 0) is 4.74 Å². The molecule has 5 rings (SSSR count). The zero-order valence-electron chi connectivity index (χ0n) is 17.7. The van der Waals surface area contributed by atoms with Gasteiger partial charge in [-0.15, -0.1) is 11.3 Å². The lowest BCUT2D eigenvalue weighted by atomic mass is 10.2. The van der Waals surface area contributed by atoms with Crippen LogP contribution in [0, 0.1) is 6.92 Å². The molecule has 164 valence electrons. The van der Waals surface area contributed by atoms with Crippen LogP contribution in [0.4, 0.5) is 16.2 Å². The van der Waals surface area contributed by atoms with Gasteiger partial charge in [0.15, 0.2) is 0 Å². The fourth-order valence-corrected chi connectivity index (χ4v) is 5.30. The minimum atomic E-state index is -1.00. The van der Waals surface area contributed by atoms with E-state index in [2.05, 4.69) is 10.3 Å². The molecule has 2 N–H and O–H groups in total. The number of carboxylic acid groups (broad SMARTS) is 1. The SMILES string of the molecule is COC1CCN(C(=O)c2cc3nccc(Nc4ccc5c(c4)cc(C)n5C(=O)O)c3s2)C1. The third kappa shape index (κ3) is 3.49. The van der Waals surface area contributed by atoms with Gasteiger partial charge in [0.05, 0.1) is 32.4 Å². The van der Waals surface area contributed by atoms with E-state index in [1.165, 1.54) is 15.9 Å². The highest BCUT2D eigenvalue weighted by atomic mass is 32.1. The predicted octanol–water partition coefficient (Wildman–Crippen LogP) is 4.69. The van der Waals surface area contributed by atoms with Crippen molar-refractivity contribution in [3.8, 4) is 0 Å². The van der Waals surface area contributed by atoms with Crippen LogP contribution in [0.2, 0.25) is 0 Å². The van der Waals surface area contributed by atoms with E-state index in [4.69, 9.17) is 4.74 Å². The number of methoxy groups -OCH3 is 1. The fraction of sp³-hybridized carbons (Fsp3) is 0.261. The van der Waals surface area contributed by atoms with Gasteiger partial charge in [-0.3, -0.25) is 14.3 Å². The summed E-state index contributed by atoms with van der Waals surface area (Å²) in [4.78, 5) is 31.4. The number of pyridine rings is 1. The summed E-state index contributed by atoms with van der Waals surface area (Å²) in [5.74, 6) is 0.00500. The van der Waals surface area contributed by atoms with Crippen molar-refractivity contribution in [1.29, 1.82) is 0 Å². The first kappa shape index (κ1) is 20.5. The van der Waals surface area contributed by atoms with Crippen molar-refractivity contribution < 1.29 is 19.4 Å². The molecule has 1 atom stereocenters. The molecule has 0 bridgehead atoms. The van der Waals surface area contributed by atoms with E-state index in [0.29, 0.717) is 29.2 Å². The molecule has 0 saturated carbocycles. The quantitative estimate of drug-likeness (QED) is 0.468. The summed E-state index contributed by atoms with van der Waals surface area (Å²) in [6.45, 7) is 3.07. The molecule has 8 nitrogen and oxygen atoms in total. The monoisotopic (exact) mass is 450 g/mol. The Bertz CT molecular complexity index is 1360. The molecule has 1 saturated heterocycles.